The van der Waals surface area contributed by atoms with Crippen molar-refractivity contribution in [3.8, 4) is 0 Å². The van der Waals surface area contributed by atoms with Crippen LogP contribution in [0.25, 0.3) is 4.96 Å². The number of aromatic nitrogens is 4. The van der Waals surface area contributed by atoms with E-state index in [1.165, 1.54) is 0 Å². The SMILES string of the molecule is FC(F)(F)c1nnc2sc(C3CSCCN3)nn12. The molecule has 0 saturated carbocycles. The molecule has 1 saturated heterocycles. The first-order valence-electron chi connectivity index (χ1n) is 5.16. The van der Waals surface area contributed by atoms with E-state index >= 15 is 0 Å². The molecule has 18 heavy (non-hydrogen) atoms. The van der Waals surface area contributed by atoms with Gasteiger partial charge in [0.15, 0.2) is 0 Å². The van der Waals surface area contributed by atoms with Gasteiger partial charge >= 0.3 is 6.18 Å². The molecular formula is C8H8F3N5S2. The number of fused-ring (bicyclic) bond motifs is 1. The molecule has 0 aliphatic carbocycles. The highest BCUT2D eigenvalue weighted by Crippen LogP contribution is 2.31. The Bertz CT molecular complexity index is 557. The number of nitrogens with zero attached hydrogens (tertiary/aromatic N) is 4. The van der Waals surface area contributed by atoms with Crippen molar-refractivity contribution in [1.82, 2.24) is 25.1 Å². The van der Waals surface area contributed by atoms with Gasteiger partial charge < -0.3 is 5.32 Å². The third-order valence-corrected chi connectivity index (χ3v) is 4.55. The summed E-state index contributed by atoms with van der Waals surface area (Å²) in [6, 6.07) is -0.00321. The lowest BCUT2D eigenvalue weighted by Crippen LogP contribution is -2.30. The Kier molecular flexibility index (Phi) is 2.94. The maximum Gasteiger partial charge on any atom is 0.453 e. The molecule has 5 nitrogen and oxygen atoms in total. The molecule has 2 aromatic heterocycles. The summed E-state index contributed by atoms with van der Waals surface area (Å²) >= 11 is 2.90. The fraction of sp³-hybridized carbons (Fsp3) is 0.625. The van der Waals surface area contributed by atoms with E-state index in [0.29, 0.717) is 5.01 Å². The lowest BCUT2D eigenvalue weighted by atomic mass is 10.3. The standard InChI is InChI=1S/C8H8F3N5S2/c9-8(10,11)6-13-14-7-16(6)15-5(18-7)4-3-17-2-1-12-4/h4,12H,1-3H2. The van der Waals surface area contributed by atoms with E-state index in [4.69, 9.17) is 0 Å². The van der Waals surface area contributed by atoms with E-state index < -0.39 is 12.0 Å². The van der Waals surface area contributed by atoms with Crippen LogP contribution in [0.2, 0.25) is 0 Å². The summed E-state index contributed by atoms with van der Waals surface area (Å²) < 4.78 is 38.7. The fourth-order valence-corrected chi connectivity index (χ4v) is 3.63. The van der Waals surface area contributed by atoms with Crippen LogP contribution in [-0.4, -0.2) is 37.9 Å². The Morgan fingerprint density at radius 3 is 2.83 bits per heavy atom. The maximum atomic E-state index is 12.6. The summed E-state index contributed by atoms with van der Waals surface area (Å²) in [6.07, 6.45) is -4.53. The summed E-state index contributed by atoms with van der Waals surface area (Å²) in [5, 5.41) is 14.5. The molecule has 0 amide bonds. The Labute approximate surface area is 108 Å². The van der Waals surface area contributed by atoms with Crippen molar-refractivity contribution in [2.24, 2.45) is 0 Å². The van der Waals surface area contributed by atoms with Gasteiger partial charge in [-0.15, -0.1) is 10.2 Å². The summed E-state index contributed by atoms with van der Waals surface area (Å²) in [7, 11) is 0. The molecule has 1 atom stereocenters. The van der Waals surface area contributed by atoms with E-state index in [9.17, 15) is 13.2 Å². The lowest BCUT2D eigenvalue weighted by Gasteiger charge is -2.20. The van der Waals surface area contributed by atoms with Crippen LogP contribution >= 0.6 is 23.1 Å². The summed E-state index contributed by atoms with van der Waals surface area (Å²) in [4.78, 5) is 0.176. The normalized spacial score (nSPS) is 21.6. The number of hydrogen-bond acceptors (Lipinski definition) is 6. The van der Waals surface area contributed by atoms with E-state index in [-0.39, 0.29) is 11.0 Å². The molecule has 1 aliphatic rings. The van der Waals surface area contributed by atoms with Gasteiger partial charge in [-0.1, -0.05) is 11.3 Å². The van der Waals surface area contributed by atoms with E-state index in [0.717, 1.165) is 33.9 Å². The third kappa shape index (κ3) is 2.08. The Hall–Kier alpha value is -0.870. The van der Waals surface area contributed by atoms with Crippen molar-refractivity contribution < 1.29 is 13.2 Å². The third-order valence-electron chi connectivity index (χ3n) is 2.48. The fourth-order valence-electron chi connectivity index (χ4n) is 1.67. The van der Waals surface area contributed by atoms with E-state index in [1.54, 1.807) is 11.8 Å². The molecule has 0 aromatic carbocycles. The zero-order chi connectivity index (χ0) is 12.8. The minimum Gasteiger partial charge on any atom is -0.306 e. The minimum absolute atomic E-state index is 0.00321. The number of nitrogens with one attached hydrogen (secondary N) is 1. The molecule has 0 spiro atoms. The van der Waals surface area contributed by atoms with Gasteiger partial charge in [0.2, 0.25) is 4.96 Å². The maximum absolute atomic E-state index is 12.6. The van der Waals surface area contributed by atoms with Crippen molar-refractivity contribution in [3.05, 3.63) is 10.8 Å². The second-order valence-electron chi connectivity index (χ2n) is 3.74. The largest absolute Gasteiger partial charge is 0.453 e. The molecule has 3 heterocycles. The first kappa shape index (κ1) is 12.2. The minimum atomic E-state index is -4.53. The monoisotopic (exact) mass is 295 g/mol. The molecule has 0 radical (unpaired) electrons. The molecule has 98 valence electrons. The summed E-state index contributed by atoms with van der Waals surface area (Å²) in [5.74, 6) is 0.753. The van der Waals surface area contributed by atoms with Crippen molar-refractivity contribution >= 4 is 28.1 Å². The predicted molar refractivity (Wildman–Crippen MR) is 61.7 cm³/mol. The van der Waals surface area contributed by atoms with Crippen LogP contribution in [0, 0.1) is 0 Å². The van der Waals surface area contributed by atoms with Crippen LogP contribution in [0.3, 0.4) is 0 Å². The highest BCUT2D eigenvalue weighted by molar-refractivity contribution is 7.99. The van der Waals surface area contributed by atoms with Gasteiger partial charge in [0.25, 0.3) is 5.82 Å². The molecule has 1 fully saturated rings. The average Bonchev–Trinajstić information content (AvgIpc) is 2.87. The molecule has 1 unspecified atom stereocenters. The van der Waals surface area contributed by atoms with Gasteiger partial charge in [-0.2, -0.15) is 34.5 Å². The van der Waals surface area contributed by atoms with Crippen molar-refractivity contribution in [3.63, 3.8) is 0 Å². The zero-order valence-electron chi connectivity index (χ0n) is 8.94. The van der Waals surface area contributed by atoms with E-state index in [2.05, 4.69) is 20.6 Å². The van der Waals surface area contributed by atoms with Crippen LogP contribution in [0.15, 0.2) is 0 Å². The number of thioether (sulfide) groups is 1. The van der Waals surface area contributed by atoms with E-state index in [1.807, 2.05) is 0 Å². The second-order valence-corrected chi connectivity index (χ2v) is 5.88. The molecule has 10 heteroatoms. The number of alkyl halides is 3. The van der Waals surface area contributed by atoms with Gasteiger partial charge in [0.05, 0.1) is 6.04 Å². The Morgan fingerprint density at radius 1 is 1.33 bits per heavy atom. The summed E-state index contributed by atoms with van der Waals surface area (Å²) in [6.45, 7) is 0.835. The average molecular weight is 295 g/mol. The number of hydrogen-bond donors (Lipinski definition) is 1. The highest BCUT2D eigenvalue weighted by atomic mass is 32.2. The number of rotatable bonds is 1. The van der Waals surface area contributed by atoms with Crippen molar-refractivity contribution in [2.75, 3.05) is 18.1 Å². The van der Waals surface area contributed by atoms with Gasteiger partial charge in [0.1, 0.15) is 5.01 Å². The molecule has 2 aromatic rings. The second kappa shape index (κ2) is 4.35. The smallest absolute Gasteiger partial charge is 0.306 e. The molecule has 3 rings (SSSR count). The Balaban J connectivity index is 1.98. The topological polar surface area (TPSA) is 55.1 Å². The molecule has 1 aliphatic heterocycles. The Morgan fingerprint density at radius 2 is 2.17 bits per heavy atom. The van der Waals surface area contributed by atoms with Gasteiger partial charge in [-0.3, -0.25) is 0 Å². The van der Waals surface area contributed by atoms with Crippen LogP contribution in [0.5, 0.6) is 0 Å². The quantitative estimate of drug-likeness (QED) is 0.865. The van der Waals surface area contributed by atoms with Crippen LogP contribution < -0.4 is 5.32 Å². The van der Waals surface area contributed by atoms with Crippen molar-refractivity contribution in [2.45, 2.75) is 12.2 Å². The van der Waals surface area contributed by atoms with Gasteiger partial charge in [-0.25, -0.2) is 0 Å². The van der Waals surface area contributed by atoms with Crippen LogP contribution in [0.1, 0.15) is 16.9 Å². The first-order valence-corrected chi connectivity index (χ1v) is 7.13. The van der Waals surface area contributed by atoms with Gasteiger partial charge in [-0.05, 0) is 0 Å². The van der Waals surface area contributed by atoms with Crippen molar-refractivity contribution in [1.29, 1.82) is 0 Å². The van der Waals surface area contributed by atoms with Crippen LogP contribution in [-0.2, 0) is 6.18 Å². The lowest BCUT2D eigenvalue weighted by molar-refractivity contribution is -0.146. The van der Waals surface area contributed by atoms with Gasteiger partial charge in [0, 0.05) is 18.1 Å². The van der Waals surface area contributed by atoms with Crippen LogP contribution in [0.4, 0.5) is 13.2 Å². The summed E-state index contributed by atoms with van der Waals surface area (Å²) in [5.41, 5.74) is 0. The molecule has 0 bridgehead atoms. The number of halogens is 3. The predicted octanol–water partition coefficient (Wildman–Crippen LogP) is 1.58. The zero-order valence-corrected chi connectivity index (χ0v) is 10.6. The molecule has 1 N–H and O–H groups in total. The molecular weight excluding hydrogens is 287 g/mol. The highest BCUT2D eigenvalue weighted by Gasteiger charge is 2.38. The first-order chi connectivity index (χ1) is 8.55.